The molecule has 0 aliphatic heterocycles. The van der Waals surface area contributed by atoms with E-state index in [0.29, 0.717) is 17.7 Å². The van der Waals surface area contributed by atoms with E-state index in [9.17, 15) is 5.11 Å². The largest absolute Gasteiger partial charge is 0.399 e. The molecule has 27 heavy (non-hydrogen) atoms. The molecule has 3 rings (SSSR count). The number of anilines is 2. The van der Waals surface area contributed by atoms with Crippen LogP contribution in [0.4, 0.5) is 11.5 Å². The molecule has 1 unspecified atom stereocenters. The van der Waals surface area contributed by atoms with Crippen LogP contribution in [0.25, 0.3) is 11.3 Å². The van der Waals surface area contributed by atoms with Crippen molar-refractivity contribution in [1.29, 1.82) is 0 Å². The van der Waals surface area contributed by atoms with Gasteiger partial charge in [0.25, 0.3) is 0 Å². The maximum atomic E-state index is 10.5. The number of hydrogen-bond donors (Lipinski definition) is 3. The number of rotatable bonds is 7. The Morgan fingerprint density at radius 2 is 1.85 bits per heavy atom. The molecule has 1 aliphatic rings. The van der Waals surface area contributed by atoms with Crippen molar-refractivity contribution < 1.29 is 5.11 Å². The highest BCUT2D eigenvalue weighted by Crippen LogP contribution is 2.28. The first-order chi connectivity index (χ1) is 13.0. The SMILES string of the molecule is CC(C)Cc1nc(-c2ccc(N)cc2)cnc1NC(O)CC1CCCCC1. The molecule has 1 heterocycles. The summed E-state index contributed by atoms with van der Waals surface area (Å²) in [5.41, 5.74) is 9.25. The van der Waals surface area contributed by atoms with Crippen molar-refractivity contribution in [1.82, 2.24) is 9.97 Å². The third-order valence-electron chi connectivity index (χ3n) is 5.24. The van der Waals surface area contributed by atoms with Crippen molar-refractivity contribution in [2.45, 2.75) is 65.0 Å². The van der Waals surface area contributed by atoms with E-state index in [2.05, 4.69) is 24.1 Å². The first-order valence-corrected chi connectivity index (χ1v) is 10.2. The zero-order valence-corrected chi connectivity index (χ0v) is 16.5. The quantitative estimate of drug-likeness (QED) is 0.490. The smallest absolute Gasteiger partial charge is 0.149 e. The van der Waals surface area contributed by atoms with Gasteiger partial charge in [-0.25, -0.2) is 9.97 Å². The summed E-state index contributed by atoms with van der Waals surface area (Å²) < 4.78 is 0. The average molecular weight is 369 g/mol. The van der Waals surface area contributed by atoms with Crippen LogP contribution in [-0.4, -0.2) is 21.3 Å². The molecule has 1 aliphatic carbocycles. The van der Waals surface area contributed by atoms with Gasteiger partial charge < -0.3 is 16.2 Å². The lowest BCUT2D eigenvalue weighted by molar-refractivity contribution is 0.153. The average Bonchev–Trinajstić information content (AvgIpc) is 2.64. The highest BCUT2D eigenvalue weighted by Gasteiger charge is 2.19. The van der Waals surface area contributed by atoms with Gasteiger partial charge in [0.2, 0.25) is 0 Å². The van der Waals surface area contributed by atoms with Crippen LogP contribution in [0.1, 0.15) is 58.1 Å². The maximum Gasteiger partial charge on any atom is 0.149 e. The standard InChI is InChI=1S/C22H32N4O/c1-15(2)12-19-22(26-21(27)13-16-6-4-3-5-7-16)24-14-20(25-19)17-8-10-18(23)11-9-17/h8-11,14-16,21,27H,3-7,12-13,23H2,1-2H3,(H,24,26). The van der Waals surface area contributed by atoms with Crippen molar-refractivity contribution in [3.63, 3.8) is 0 Å². The number of aliphatic hydroxyl groups excluding tert-OH is 1. The van der Waals surface area contributed by atoms with Crippen molar-refractivity contribution in [3.05, 3.63) is 36.2 Å². The molecule has 1 atom stereocenters. The van der Waals surface area contributed by atoms with Gasteiger partial charge in [0.1, 0.15) is 12.0 Å². The van der Waals surface area contributed by atoms with Crippen molar-refractivity contribution >= 4 is 11.5 Å². The molecule has 1 saturated carbocycles. The Labute approximate surface area is 162 Å². The third kappa shape index (κ3) is 5.67. The predicted octanol–water partition coefficient (Wildman–Crippen LogP) is 4.63. The summed E-state index contributed by atoms with van der Waals surface area (Å²) >= 11 is 0. The molecular formula is C22H32N4O. The Bertz CT molecular complexity index is 724. The van der Waals surface area contributed by atoms with Gasteiger partial charge >= 0.3 is 0 Å². The second-order valence-electron chi connectivity index (χ2n) is 8.17. The van der Waals surface area contributed by atoms with E-state index >= 15 is 0 Å². The fraction of sp³-hybridized carbons (Fsp3) is 0.545. The van der Waals surface area contributed by atoms with E-state index in [0.717, 1.165) is 35.5 Å². The molecule has 1 fully saturated rings. The van der Waals surface area contributed by atoms with Gasteiger partial charge in [0.05, 0.1) is 17.6 Å². The number of nitrogens with zero attached hydrogens (tertiary/aromatic N) is 2. The Kier molecular flexibility index (Phi) is 6.67. The van der Waals surface area contributed by atoms with Crippen LogP contribution in [0.15, 0.2) is 30.5 Å². The Morgan fingerprint density at radius 1 is 1.15 bits per heavy atom. The lowest BCUT2D eigenvalue weighted by Crippen LogP contribution is -2.25. The first kappa shape index (κ1) is 19.6. The fourth-order valence-electron chi connectivity index (χ4n) is 3.83. The predicted molar refractivity (Wildman–Crippen MR) is 111 cm³/mol. The Morgan fingerprint density at radius 3 is 2.52 bits per heavy atom. The van der Waals surface area contributed by atoms with E-state index in [-0.39, 0.29) is 0 Å². The molecule has 0 spiro atoms. The van der Waals surface area contributed by atoms with Gasteiger partial charge in [0.15, 0.2) is 0 Å². The van der Waals surface area contributed by atoms with E-state index in [1.54, 1.807) is 6.20 Å². The van der Waals surface area contributed by atoms with Crippen LogP contribution in [0.5, 0.6) is 0 Å². The fourth-order valence-corrected chi connectivity index (χ4v) is 3.83. The summed E-state index contributed by atoms with van der Waals surface area (Å²) in [6.45, 7) is 4.33. The lowest BCUT2D eigenvalue weighted by Gasteiger charge is -2.25. The molecule has 5 heteroatoms. The number of nitrogens with one attached hydrogen (secondary N) is 1. The third-order valence-corrected chi connectivity index (χ3v) is 5.24. The van der Waals surface area contributed by atoms with E-state index in [4.69, 9.17) is 10.7 Å². The van der Waals surface area contributed by atoms with Gasteiger partial charge in [0, 0.05) is 11.3 Å². The van der Waals surface area contributed by atoms with Crippen molar-refractivity contribution in [2.24, 2.45) is 11.8 Å². The van der Waals surface area contributed by atoms with Gasteiger partial charge in [-0.3, -0.25) is 0 Å². The van der Waals surface area contributed by atoms with E-state index in [1.807, 2.05) is 24.3 Å². The van der Waals surface area contributed by atoms with E-state index in [1.165, 1.54) is 32.1 Å². The highest BCUT2D eigenvalue weighted by molar-refractivity contribution is 5.62. The molecule has 1 aromatic carbocycles. The zero-order valence-electron chi connectivity index (χ0n) is 16.5. The molecule has 0 bridgehead atoms. The molecule has 4 N–H and O–H groups in total. The highest BCUT2D eigenvalue weighted by atomic mass is 16.3. The van der Waals surface area contributed by atoms with Crippen LogP contribution in [-0.2, 0) is 6.42 Å². The molecule has 0 radical (unpaired) electrons. The Balaban J connectivity index is 1.75. The maximum absolute atomic E-state index is 10.5. The molecule has 1 aromatic heterocycles. The molecular weight excluding hydrogens is 336 g/mol. The second-order valence-corrected chi connectivity index (χ2v) is 8.17. The summed E-state index contributed by atoms with van der Waals surface area (Å²) in [5, 5.41) is 13.8. The van der Waals surface area contributed by atoms with Crippen molar-refractivity contribution in [2.75, 3.05) is 11.1 Å². The van der Waals surface area contributed by atoms with Crippen LogP contribution in [0, 0.1) is 11.8 Å². The Hall–Kier alpha value is -2.14. The number of nitrogen functional groups attached to an aromatic ring is 1. The molecule has 0 saturated heterocycles. The summed E-state index contributed by atoms with van der Waals surface area (Å²) in [7, 11) is 0. The minimum absolute atomic E-state index is 0.456. The number of benzene rings is 1. The molecule has 146 valence electrons. The second kappa shape index (κ2) is 9.18. The minimum atomic E-state index is -0.573. The van der Waals surface area contributed by atoms with Crippen molar-refractivity contribution in [3.8, 4) is 11.3 Å². The first-order valence-electron chi connectivity index (χ1n) is 10.2. The van der Waals surface area contributed by atoms with Gasteiger partial charge in [-0.05, 0) is 36.8 Å². The summed E-state index contributed by atoms with van der Waals surface area (Å²) in [4.78, 5) is 9.43. The van der Waals surface area contributed by atoms with Crippen LogP contribution in [0.3, 0.4) is 0 Å². The topological polar surface area (TPSA) is 84.1 Å². The molecule has 5 nitrogen and oxygen atoms in total. The zero-order chi connectivity index (χ0) is 19.2. The lowest BCUT2D eigenvalue weighted by atomic mass is 9.86. The summed E-state index contributed by atoms with van der Waals surface area (Å²) in [6.07, 6.45) is 9.13. The van der Waals surface area contributed by atoms with Gasteiger partial charge in [-0.15, -0.1) is 0 Å². The molecule has 2 aromatic rings. The number of aromatic nitrogens is 2. The summed E-state index contributed by atoms with van der Waals surface area (Å²) in [6, 6.07) is 7.67. The summed E-state index contributed by atoms with van der Waals surface area (Å²) in [5.74, 6) is 1.76. The number of hydrogen-bond acceptors (Lipinski definition) is 5. The normalized spacial score (nSPS) is 16.4. The van der Waals surface area contributed by atoms with E-state index < -0.39 is 6.23 Å². The monoisotopic (exact) mass is 368 g/mol. The van der Waals surface area contributed by atoms with Gasteiger partial charge in [-0.2, -0.15) is 0 Å². The number of nitrogens with two attached hydrogens (primary N) is 1. The number of aliphatic hydroxyl groups is 1. The minimum Gasteiger partial charge on any atom is -0.399 e. The van der Waals surface area contributed by atoms with Crippen LogP contribution in [0.2, 0.25) is 0 Å². The van der Waals surface area contributed by atoms with Gasteiger partial charge in [-0.1, -0.05) is 58.1 Å². The molecule has 0 amide bonds. The van der Waals surface area contributed by atoms with Crippen LogP contribution < -0.4 is 11.1 Å². The van der Waals surface area contributed by atoms with Crippen LogP contribution >= 0.6 is 0 Å².